The van der Waals surface area contributed by atoms with Crippen LogP contribution in [-0.2, 0) is 4.79 Å². The topological polar surface area (TPSA) is 31.0 Å². The molecule has 1 atom stereocenters. The van der Waals surface area contributed by atoms with Crippen molar-refractivity contribution in [1.82, 2.24) is 0 Å². The van der Waals surface area contributed by atoms with Crippen molar-refractivity contribution < 1.29 is 9.79 Å². The maximum absolute atomic E-state index is 11.3. The first-order chi connectivity index (χ1) is 5.38. The molecule has 1 heterocycles. The van der Waals surface area contributed by atoms with Crippen molar-refractivity contribution in [2.24, 2.45) is 5.92 Å². The maximum atomic E-state index is 11.3. The van der Waals surface area contributed by atoms with Gasteiger partial charge in [0.1, 0.15) is 5.92 Å². The van der Waals surface area contributed by atoms with Gasteiger partial charge < -0.3 is 0 Å². The normalized spacial score (nSPS) is 29.6. The molecule has 0 amide bonds. The van der Waals surface area contributed by atoms with Gasteiger partial charge in [-0.3, -0.25) is 4.79 Å². The number of allylic oxidation sites excluding steroid dienone is 1. The number of carbonyl (C=O) groups excluding carboxylic acids is 1. The van der Waals surface area contributed by atoms with Crippen molar-refractivity contribution in [1.29, 1.82) is 0 Å². The van der Waals surface area contributed by atoms with Gasteiger partial charge in [-0.05, 0) is 12.8 Å². The fraction of sp³-hybridized carbons (Fsp3) is 0.556. The molecule has 0 aromatic carbocycles. The Morgan fingerprint density at radius 2 is 2.36 bits per heavy atom. The smallest absolute Gasteiger partial charge is 0.174 e. The molecule has 2 heteroatoms. The van der Waals surface area contributed by atoms with Gasteiger partial charge in [0.15, 0.2) is 17.7 Å². The summed E-state index contributed by atoms with van der Waals surface area (Å²) in [5, 5.41) is 0. The molecule has 2 rings (SSSR count). The average Bonchev–Trinajstić information content (AvgIpc) is 2.06. The minimum Gasteiger partial charge on any atom is -0.294 e. The highest BCUT2D eigenvalue weighted by Gasteiger charge is 2.31. The fourth-order valence-electron chi connectivity index (χ4n) is 1.85. The van der Waals surface area contributed by atoms with Crippen LogP contribution in [0.25, 0.3) is 0 Å². The van der Waals surface area contributed by atoms with Crippen LogP contribution in [0.5, 0.6) is 0 Å². The highest BCUT2D eigenvalue weighted by atomic mass is 16.1. The molecule has 58 valence electrons. The summed E-state index contributed by atoms with van der Waals surface area (Å²) in [4.78, 5) is 14.4. The minimum atomic E-state index is 0.203. The van der Waals surface area contributed by atoms with Crippen LogP contribution in [0, 0.1) is 5.92 Å². The quantitative estimate of drug-likeness (QED) is 0.509. The number of nitrogens with one attached hydrogen (secondary N) is 1. The third-order valence-electron chi connectivity index (χ3n) is 2.47. The Balaban J connectivity index is 2.25. The van der Waals surface area contributed by atoms with E-state index in [0.29, 0.717) is 5.78 Å². The van der Waals surface area contributed by atoms with Crippen LogP contribution in [0.3, 0.4) is 0 Å². The van der Waals surface area contributed by atoms with E-state index in [2.05, 4.69) is 4.99 Å². The largest absolute Gasteiger partial charge is 0.294 e. The summed E-state index contributed by atoms with van der Waals surface area (Å²) >= 11 is 0. The van der Waals surface area contributed by atoms with Crippen molar-refractivity contribution in [3.05, 3.63) is 12.3 Å². The Kier molecular flexibility index (Phi) is 1.60. The molecule has 2 aliphatic rings. The van der Waals surface area contributed by atoms with Gasteiger partial charge in [0.2, 0.25) is 0 Å². The van der Waals surface area contributed by atoms with Gasteiger partial charge in [0.25, 0.3) is 0 Å². The molecule has 0 spiro atoms. The standard InChI is InChI=1S/C9H11NO/c11-9-5-6-10-8-4-2-1-3-7(8)9/h5-7H,1-4H2/p+1. The number of rotatable bonds is 0. The molecular formula is C9H12NO+. The van der Waals surface area contributed by atoms with Gasteiger partial charge in [0, 0.05) is 12.5 Å². The zero-order valence-electron chi connectivity index (χ0n) is 6.47. The molecule has 0 bridgehead atoms. The van der Waals surface area contributed by atoms with Crippen molar-refractivity contribution in [2.45, 2.75) is 25.7 Å². The SMILES string of the molecule is O=C1C=C[NH+]=C2CCCCC12. The lowest BCUT2D eigenvalue weighted by Crippen LogP contribution is -2.71. The molecule has 1 saturated carbocycles. The molecule has 1 fully saturated rings. The van der Waals surface area contributed by atoms with Crippen molar-refractivity contribution in [3.8, 4) is 0 Å². The second-order valence-corrected chi connectivity index (χ2v) is 3.20. The van der Waals surface area contributed by atoms with E-state index in [4.69, 9.17) is 0 Å². The molecule has 0 aromatic heterocycles. The lowest BCUT2D eigenvalue weighted by molar-refractivity contribution is -0.379. The van der Waals surface area contributed by atoms with E-state index in [9.17, 15) is 4.79 Å². The second-order valence-electron chi connectivity index (χ2n) is 3.20. The van der Waals surface area contributed by atoms with E-state index >= 15 is 0 Å². The first kappa shape index (κ1) is 6.77. The first-order valence-electron chi connectivity index (χ1n) is 4.20. The molecular weight excluding hydrogens is 138 g/mol. The summed E-state index contributed by atoms with van der Waals surface area (Å²) in [6.45, 7) is 0. The van der Waals surface area contributed by atoms with Gasteiger partial charge in [-0.1, -0.05) is 6.42 Å². The van der Waals surface area contributed by atoms with E-state index < -0.39 is 0 Å². The molecule has 11 heavy (non-hydrogen) atoms. The summed E-state index contributed by atoms with van der Waals surface area (Å²) in [6.07, 6.45) is 7.99. The predicted octanol–water partition coefficient (Wildman–Crippen LogP) is -0.205. The third kappa shape index (κ3) is 1.13. The molecule has 0 saturated heterocycles. The summed E-state index contributed by atoms with van der Waals surface area (Å²) in [5.41, 5.74) is 1.24. The van der Waals surface area contributed by atoms with Crippen LogP contribution in [-0.4, -0.2) is 11.5 Å². The van der Waals surface area contributed by atoms with E-state index in [0.717, 1.165) is 12.8 Å². The van der Waals surface area contributed by atoms with Crippen molar-refractivity contribution in [3.63, 3.8) is 0 Å². The van der Waals surface area contributed by atoms with Crippen LogP contribution >= 0.6 is 0 Å². The molecule has 1 N–H and O–H groups in total. The zero-order valence-corrected chi connectivity index (χ0v) is 6.47. The van der Waals surface area contributed by atoms with Crippen molar-refractivity contribution in [2.75, 3.05) is 0 Å². The lowest BCUT2D eigenvalue weighted by atomic mass is 9.83. The average molecular weight is 150 g/mol. The van der Waals surface area contributed by atoms with Crippen LogP contribution < -0.4 is 4.99 Å². The highest BCUT2D eigenvalue weighted by Crippen LogP contribution is 2.21. The predicted molar refractivity (Wildman–Crippen MR) is 42.1 cm³/mol. The fourth-order valence-corrected chi connectivity index (χ4v) is 1.85. The Bertz CT molecular complexity index is 240. The van der Waals surface area contributed by atoms with E-state index in [-0.39, 0.29) is 5.92 Å². The molecule has 0 aromatic rings. The monoisotopic (exact) mass is 150 g/mol. The van der Waals surface area contributed by atoms with Crippen LogP contribution in [0.2, 0.25) is 0 Å². The highest BCUT2D eigenvalue weighted by molar-refractivity contribution is 6.08. The first-order valence-corrected chi connectivity index (χ1v) is 4.20. The Hall–Kier alpha value is -0.920. The molecule has 2 nitrogen and oxygen atoms in total. The number of fused-ring (bicyclic) bond motifs is 1. The molecule has 0 radical (unpaired) electrons. The van der Waals surface area contributed by atoms with Gasteiger partial charge in [0.05, 0.1) is 0 Å². The van der Waals surface area contributed by atoms with E-state index in [1.165, 1.54) is 18.6 Å². The summed E-state index contributed by atoms with van der Waals surface area (Å²) in [6, 6.07) is 0. The summed E-state index contributed by atoms with van der Waals surface area (Å²) < 4.78 is 0. The number of hydrogen-bond donors (Lipinski definition) is 1. The van der Waals surface area contributed by atoms with Crippen LogP contribution in [0.15, 0.2) is 12.3 Å². The van der Waals surface area contributed by atoms with Crippen molar-refractivity contribution >= 4 is 11.5 Å². The Labute approximate surface area is 66.0 Å². The number of hydrogen-bond acceptors (Lipinski definition) is 1. The second kappa shape index (κ2) is 2.61. The zero-order chi connectivity index (χ0) is 7.68. The van der Waals surface area contributed by atoms with Gasteiger partial charge in [-0.15, -0.1) is 0 Å². The molecule has 1 aliphatic heterocycles. The lowest BCUT2D eigenvalue weighted by Gasteiger charge is -2.18. The molecule has 1 unspecified atom stereocenters. The minimum absolute atomic E-state index is 0.203. The summed E-state index contributed by atoms with van der Waals surface area (Å²) in [5.74, 6) is 0.493. The summed E-state index contributed by atoms with van der Waals surface area (Å²) in [7, 11) is 0. The van der Waals surface area contributed by atoms with Gasteiger partial charge >= 0.3 is 0 Å². The Morgan fingerprint density at radius 3 is 3.18 bits per heavy atom. The van der Waals surface area contributed by atoms with Crippen LogP contribution in [0.1, 0.15) is 25.7 Å². The third-order valence-corrected chi connectivity index (χ3v) is 2.47. The number of carbonyl (C=O) groups is 1. The van der Waals surface area contributed by atoms with E-state index in [1.54, 1.807) is 12.3 Å². The van der Waals surface area contributed by atoms with Gasteiger partial charge in [-0.25, -0.2) is 4.99 Å². The molecule has 1 aliphatic carbocycles. The maximum Gasteiger partial charge on any atom is 0.174 e. The van der Waals surface area contributed by atoms with Gasteiger partial charge in [-0.2, -0.15) is 0 Å². The number of ketones is 1. The van der Waals surface area contributed by atoms with Crippen LogP contribution in [0.4, 0.5) is 0 Å². The Morgan fingerprint density at radius 1 is 1.45 bits per heavy atom. The van der Waals surface area contributed by atoms with E-state index in [1.807, 2.05) is 0 Å².